The van der Waals surface area contributed by atoms with Gasteiger partial charge in [-0.15, -0.1) is 12.6 Å². The summed E-state index contributed by atoms with van der Waals surface area (Å²) >= 11 is 4.19. The van der Waals surface area contributed by atoms with E-state index < -0.39 is 0 Å². The summed E-state index contributed by atoms with van der Waals surface area (Å²) in [6, 6.07) is 7.19. The summed E-state index contributed by atoms with van der Waals surface area (Å²) in [5, 5.41) is 12.4. The monoisotopic (exact) mass is 265 g/mol. The van der Waals surface area contributed by atoms with Crippen LogP contribution in [0.4, 0.5) is 0 Å². The third kappa shape index (κ3) is 3.75. The molecule has 0 aliphatic heterocycles. The quantitative estimate of drug-likeness (QED) is 0.734. The van der Waals surface area contributed by atoms with Gasteiger partial charge in [-0.25, -0.2) is 0 Å². The molecule has 1 aliphatic rings. The molecule has 1 aromatic rings. The van der Waals surface area contributed by atoms with Gasteiger partial charge in [-0.05, 0) is 55.9 Å². The maximum Gasteiger partial charge on any atom is 0.251 e. The molecule has 0 heterocycles. The Bertz CT molecular complexity index is 397. The predicted molar refractivity (Wildman–Crippen MR) is 74.0 cm³/mol. The first-order valence-electron chi connectivity index (χ1n) is 6.40. The van der Waals surface area contributed by atoms with Gasteiger partial charge >= 0.3 is 0 Å². The molecule has 98 valence electrons. The van der Waals surface area contributed by atoms with Crippen molar-refractivity contribution in [2.24, 2.45) is 5.92 Å². The number of nitrogens with one attached hydrogen (secondary N) is 1. The second-order valence-electron chi connectivity index (χ2n) is 4.93. The van der Waals surface area contributed by atoms with E-state index in [1.165, 1.54) is 0 Å². The van der Waals surface area contributed by atoms with E-state index in [4.69, 9.17) is 0 Å². The molecule has 0 aromatic heterocycles. The second kappa shape index (κ2) is 6.25. The Morgan fingerprint density at radius 2 is 1.83 bits per heavy atom. The second-order valence-corrected chi connectivity index (χ2v) is 5.45. The molecule has 0 bridgehead atoms. The summed E-state index contributed by atoms with van der Waals surface area (Å²) in [5.41, 5.74) is 0.670. The van der Waals surface area contributed by atoms with Gasteiger partial charge in [0.15, 0.2) is 0 Å². The summed E-state index contributed by atoms with van der Waals surface area (Å²) in [7, 11) is 0. The number of hydrogen-bond donors (Lipinski definition) is 3. The summed E-state index contributed by atoms with van der Waals surface area (Å²) < 4.78 is 0. The lowest BCUT2D eigenvalue weighted by Crippen LogP contribution is -2.32. The lowest BCUT2D eigenvalue weighted by atomic mass is 9.87. The van der Waals surface area contributed by atoms with E-state index in [0.717, 1.165) is 30.6 Å². The van der Waals surface area contributed by atoms with Crippen LogP contribution in [0, 0.1) is 5.92 Å². The molecule has 2 rings (SSSR count). The Labute approximate surface area is 113 Å². The summed E-state index contributed by atoms with van der Waals surface area (Å²) in [4.78, 5) is 12.7. The van der Waals surface area contributed by atoms with Crippen LogP contribution in [0.3, 0.4) is 0 Å². The number of aliphatic hydroxyl groups is 1. The van der Waals surface area contributed by atoms with E-state index in [1.54, 1.807) is 12.1 Å². The summed E-state index contributed by atoms with van der Waals surface area (Å²) in [6.07, 6.45) is 3.57. The van der Waals surface area contributed by atoms with Gasteiger partial charge in [-0.1, -0.05) is 0 Å². The maximum absolute atomic E-state index is 11.9. The highest BCUT2D eigenvalue weighted by atomic mass is 32.1. The summed E-state index contributed by atoms with van der Waals surface area (Å²) in [6.45, 7) is 0.703. The molecule has 2 N–H and O–H groups in total. The van der Waals surface area contributed by atoms with Crippen molar-refractivity contribution < 1.29 is 9.90 Å². The van der Waals surface area contributed by atoms with Gasteiger partial charge in [-0.2, -0.15) is 0 Å². The Morgan fingerprint density at radius 1 is 1.22 bits per heavy atom. The third-order valence-corrected chi connectivity index (χ3v) is 3.80. The van der Waals surface area contributed by atoms with Crippen LogP contribution in [0.1, 0.15) is 36.0 Å². The zero-order valence-electron chi connectivity index (χ0n) is 10.3. The zero-order chi connectivity index (χ0) is 13.0. The highest BCUT2D eigenvalue weighted by Gasteiger charge is 2.19. The predicted octanol–water partition coefficient (Wildman–Crippen LogP) is 2.26. The van der Waals surface area contributed by atoms with Crippen molar-refractivity contribution in [2.45, 2.75) is 36.7 Å². The molecular weight excluding hydrogens is 246 g/mol. The maximum atomic E-state index is 11.9. The minimum atomic E-state index is -0.139. The molecule has 0 spiro atoms. The van der Waals surface area contributed by atoms with Crippen molar-refractivity contribution in [3.05, 3.63) is 29.8 Å². The van der Waals surface area contributed by atoms with Crippen LogP contribution in [0.5, 0.6) is 0 Å². The topological polar surface area (TPSA) is 49.3 Å². The van der Waals surface area contributed by atoms with Gasteiger partial charge < -0.3 is 10.4 Å². The van der Waals surface area contributed by atoms with E-state index in [-0.39, 0.29) is 12.0 Å². The van der Waals surface area contributed by atoms with Crippen LogP contribution in [-0.2, 0) is 0 Å². The number of benzene rings is 1. The lowest BCUT2D eigenvalue weighted by molar-refractivity contribution is 0.0910. The molecule has 0 atom stereocenters. The van der Waals surface area contributed by atoms with Crippen molar-refractivity contribution >= 4 is 18.5 Å². The van der Waals surface area contributed by atoms with Crippen LogP contribution in [0.15, 0.2) is 29.2 Å². The Kier molecular flexibility index (Phi) is 4.66. The SMILES string of the molecule is O=C(NCC1CCC(O)CC1)c1ccc(S)cc1. The number of carbonyl (C=O) groups is 1. The molecular formula is C14H19NO2S. The minimum Gasteiger partial charge on any atom is -0.393 e. The van der Waals surface area contributed by atoms with Gasteiger partial charge in [0, 0.05) is 17.0 Å². The Morgan fingerprint density at radius 3 is 2.44 bits per heavy atom. The van der Waals surface area contributed by atoms with Gasteiger partial charge in [0.25, 0.3) is 5.91 Å². The molecule has 3 nitrogen and oxygen atoms in total. The third-order valence-electron chi connectivity index (χ3n) is 3.50. The number of amides is 1. The number of hydrogen-bond acceptors (Lipinski definition) is 3. The molecule has 1 aromatic carbocycles. The molecule has 4 heteroatoms. The van der Waals surface area contributed by atoms with E-state index in [1.807, 2.05) is 12.1 Å². The van der Waals surface area contributed by atoms with Crippen molar-refractivity contribution in [1.29, 1.82) is 0 Å². The highest BCUT2D eigenvalue weighted by molar-refractivity contribution is 7.80. The minimum absolute atomic E-state index is 0.0329. The van der Waals surface area contributed by atoms with Gasteiger partial charge in [0.1, 0.15) is 0 Å². The van der Waals surface area contributed by atoms with Gasteiger partial charge in [-0.3, -0.25) is 4.79 Å². The van der Waals surface area contributed by atoms with Gasteiger partial charge in [0.2, 0.25) is 0 Å². The average molecular weight is 265 g/mol. The summed E-state index contributed by atoms with van der Waals surface area (Å²) in [5.74, 6) is 0.468. The first-order chi connectivity index (χ1) is 8.65. The Balaban J connectivity index is 1.79. The molecule has 1 fully saturated rings. The molecule has 0 unspecified atom stereocenters. The molecule has 18 heavy (non-hydrogen) atoms. The molecule has 0 radical (unpaired) electrons. The number of aliphatic hydroxyl groups excluding tert-OH is 1. The van der Waals surface area contributed by atoms with Crippen LogP contribution >= 0.6 is 12.6 Å². The first-order valence-corrected chi connectivity index (χ1v) is 6.85. The van der Waals surface area contributed by atoms with Crippen LogP contribution in [0.25, 0.3) is 0 Å². The molecule has 1 aliphatic carbocycles. The van der Waals surface area contributed by atoms with Crippen LogP contribution < -0.4 is 5.32 Å². The Hall–Kier alpha value is -1.00. The fourth-order valence-electron chi connectivity index (χ4n) is 2.30. The van der Waals surface area contributed by atoms with Gasteiger partial charge in [0.05, 0.1) is 6.10 Å². The standard InChI is InChI=1S/C14H19NO2S/c16-12-5-1-10(2-6-12)9-15-14(17)11-3-7-13(18)8-4-11/h3-4,7-8,10,12,16,18H,1-2,5-6,9H2,(H,15,17). The normalized spacial score (nSPS) is 23.7. The van der Waals surface area contributed by atoms with E-state index in [9.17, 15) is 9.90 Å². The van der Waals surface area contributed by atoms with E-state index in [0.29, 0.717) is 18.0 Å². The lowest BCUT2D eigenvalue weighted by Gasteiger charge is -2.25. The number of thiol groups is 1. The fraction of sp³-hybridized carbons (Fsp3) is 0.500. The first kappa shape index (κ1) is 13.4. The number of carbonyl (C=O) groups excluding carboxylic acids is 1. The largest absolute Gasteiger partial charge is 0.393 e. The van der Waals surface area contributed by atoms with Crippen molar-refractivity contribution in [1.82, 2.24) is 5.32 Å². The smallest absolute Gasteiger partial charge is 0.251 e. The van der Waals surface area contributed by atoms with Crippen LogP contribution in [0.2, 0.25) is 0 Å². The van der Waals surface area contributed by atoms with Crippen molar-refractivity contribution in [3.8, 4) is 0 Å². The van der Waals surface area contributed by atoms with E-state index in [2.05, 4.69) is 17.9 Å². The van der Waals surface area contributed by atoms with Crippen molar-refractivity contribution in [3.63, 3.8) is 0 Å². The van der Waals surface area contributed by atoms with E-state index >= 15 is 0 Å². The van der Waals surface area contributed by atoms with Crippen molar-refractivity contribution in [2.75, 3.05) is 6.54 Å². The molecule has 0 saturated heterocycles. The molecule has 1 amide bonds. The number of rotatable bonds is 3. The zero-order valence-corrected chi connectivity index (χ0v) is 11.2. The fourth-order valence-corrected chi connectivity index (χ4v) is 2.45. The highest BCUT2D eigenvalue weighted by Crippen LogP contribution is 2.23. The van der Waals surface area contributed by atoms with Crippen LogP contribution in [-0.4, -0.2) is 23.7 Å². The average Bonchev–Trinajstić information content (AvgIpc) is 2.38. The molecule has 1 saturated carbocycles.